The van der Waals surface area contributed by atoms with E-state index in [1.54, 1.807) is 16.8 Å². The van der Waals surface area contributed by atoms with E-state index in [1.807, 2.05) is 30.0 Å². The lowest BCUT2D eigenvalue weighted by molar-refractivity contribution is 0.0692. The van der Waals surface area contributed by atoms with E-state index in [2.05, 4.69) is 21.2 Å². The third-order valence-corrected chi connectivity index (χ3v) is 8.30. The molecule has 0 spiro atoms. The van der Waals surface area contributed by atoms with Gasteiger partial charge in [-0.25, -0.2) is 14.4 Å². The highest BCUT2D eigenvalue weighted by molar-refractivity contribution is 5.96. The molecule has 10 heteroatoms. The number of anilines is 2. The lowest BCUT2D eigenvalue weighted by Crippen LogP contribution is -2.40. The van der Waals surface area contributed by atoms with E-state index >= 15 is 4.39 Å². The van der Waals surface area contributed by atoms with Crippen molar-refractivity contribution in [2.75, 3.05) is 31.6 Å². The van der Waals surface area contributed by atoms with Gasteiger partial charge in [-0.05, 0) is 74.5 Å². The van der Waals surface area contributed by atoms with Gasteiger partial charge in [-0.1, -0.05) is 0 Å². The largest absolute Gasteiger partial charge is 0.490 e. The Morgan fingerprint density at radius 1 is 1.19 bits per heavy atom. The zero-order chi connectivity index (χ0) is 29.4. The van der Waals surface area contributed by atoms with Crippen molar-refractivity contribution in [1.29, 1.82) is 0 Å². The van der Waals surface area contributed by atoms with E-state index < -0.39 is 11.6 Å². The van der Waals surface area contributed by atoms with E-state index in [0.29, 0.717) is 48.3 Å². The molecule has 2 aromatic heterocycles. The van der Waals surface area contributed by atoms with Crippen LogP contribution in [0.4, 0.5) is 20.3 Å². The number of hydrogen-bond donors (Lipinski definition) is 2. The molecular weight excluding hydrogens is 538 g/mol. The molecule has 1 aliphatic heterocycles. The minimum atomic E-state index is -1.05. The van der Waals surface area contributed by atoms with E-state index in [9.17, 15) is 9.18 Å². The third kappa shape index (κ3) is 5.28. The molecule has 3 heterocycles. The number of nitrogens with one attached hydrogen (secondary N) is 1. The van der Waals surface area contributed by atoms with E-state index in [0.717, 1.165) is 30.5 Å². The maximum absolute atomic E-state index is 15.2. The number of carbonyl (C=O) groups excluding carboxylic acids is 1. The third-order valence-electron chi connectivity index (χ3n) is 8.30. The predicted octanol–water partition coefficient (Wildman–Crippen LogP) is 5.19. The average molecular weight is 571 g/mol. The summed E-state index contributed by atoms with van der Waals surface area (Å²) in [6, 6.07) is 8.42. The number of benzene rings is 2. The fourth-order valence-electron chi connectivity index (χ4n) is 5.54. The van der Waals surface area contributed by atoms with Gasteiger partial charge >= 0.3 is 0 Å². The second-order valence-electron chi connectivity index (χ2n) is 11.1. The fourth-order valence-corrected chi connectivity index (χ4v) is 5.54. The van der Waals surface area contributed by atoms with Crippen molar-refractivity contribution in [2.45, 2.75) is 26.2 Å². The van der Waals surface area contributed by atoms with Crippen LogP contribution in [-0.2, 0) is 0 Å². The summed E-state index contributed by atoms with van der Waals surface area (Å²) in [6.45, 7) is 4.23. The molecular formula is C32H32F2N6O2. The van der Waals surface area contributed by atoms with Gasteiger partial charge in [-0.2, -0.15) is 4.39 Å². The number of likely N-dealkylation sites (tertiary alicyclic amines) is 1. The summed E-state index contributed by atoms with van der Waals surface area (Å²) in [4.78, 5) is 23.9. The van der Waals surface area contributed by atoms with Crippen molar-refractivity contribution in [1.82, 2.24) is 19.3 Å². The smallest absolute Gasteiger partial charge is 0.254 e. The average Bonchev–Trinajstić information content (AvgIpc) is 3.64. The highest BCUT2D eigenvalue weighted by Crippen LogP contribution is 2.39. The maximum atomic E-state index is 15.2. The molecule has 2 unspecified atom stereocenters. The van der Waals surface area contributed by atoms with Crippen molar-refractivity contribution in [3.63, 3.8) is 0 Å². The van der Waals surface area contributed by atoms with Gasteiger partial charge in [0, 0.05) is 54.1 Å². The van der Waals surface area contributed by atoms with Gasteiger partial charge in [0.1, 0.15) is 0 Å². The van der Waals surface area contributed by atoms with Crippen LogP contribution in [0.1, 0.15) is 35.2 Å². The lowest BCUT2D eigenvalue weighted by Gasteiger charge is -2.31. The summed E-state index contributed by atoms with van der Waals surface area (Å²) >= 11 is 0. The Hall–Kier alpha value is -4.49. The van der Waals surface area contributed by atoms with Crippen molar-refractivity contribution >= 4 is 23.1 Å². The summed E-state index contributed by atoms with van der Waals surface area (Å²) in [5.41, 5.74) is 8.84. The molecule has 3 N–H and O–H groups in total. The van der Waals surface area contributed by atoms with Crippen LogP contribution in [0.2, 0.25) is 0 Å². The van der Waals surface area contributed by atoms with Crippen LogP contribution in [0.15, 0.2) is 48.9 Å². The minimum absolute atomic E-state index is 0.0163. The van der Waals surface area contributed by atoms with Crippen LogP contribution in [0.3, 0.4) is 0 Å². The van der Waals surface area contributed by atoms with Crippen molar-refractivity contribution in [3.05, 3.63) is 71.7 Å². The Bertz CT molecular complexity index is 1690. The normalized spacial score (nSPS) is 18.6. The first kappa shape index (κ1) is 27.7. The van der Waals surface area contributed by atoms with Gasteiger partial charge in [-0.15, -0.1) is 12.3 Å². The first-order valence-electron chi connectivity index (χ1n) is 14.1. The number of amides is 1. The van der Waals surface area contributed by atoms with Gasteiger partial charge < -0.3 is 20.7 Å². The van der Waals surface area contributed by atoms with Gasteiger partial charge in [-0.3, -0.25) is 9.20 Å². The van der Waals surface area contributed by atoms with Gasteiger partial charge in [0.25, 0.3) is 5.91 Å². The topological polar surface area (TPSA) is 97.8 Å². The number of aryl methyl sites for hydroxylation is 1. The molecule has 2 atom stereocenters. The zero-order valence-electron chi connectivity index (χ0n) is 23.3. The molecule has 2 aliphatic rings. The monoisotopic (exact) mass is 570 g/mol. The number of piperidine rings is 1. The number of carbonyl (C=O) groups is 1. The second-order valence-corrected chi connectivity index (χ2v) is 11.1. The first-order valence-corrected chi connectivity index (χ1v) is 14.1. The Kier molecular flexibility index (Phi) is 7.52. The molecule has 4 aromatic rings. The Morgan fingerprint density at radius 3 is 2.71 bits per heavy atom. The van der Waals surface area contributed by atoms with Crippen LogP contribution >= 0.6 is 0 Å². The van der Waals surface area contributed by atoms with E-state index in [4.69, 9.17) is 16.9 Å². The highest BCUT2D eigenvalue weighted by atomic mass is 19.2. The molecule has 0 bridgehead atoms. The number of nitrogens with two attached hydrogens (primary N) is 1. The fraction of sp³-hybridized carbons (Fsp3) is 0.344. The molecule has 8 nitrogen and oxygen atoms in total. The molecule has 6 rings (SSSR count). The molecule has 1 aliphatic carbocycles. The Morgan fingerprint density at radius 2 is 2.00 bits per heavy atom. The first-order chi connectivity index (χ1) is 20.4. The number of terminal acetylenes is 1. The van der Waals surface area contributed by atoms with E-state index in [-0.39, 0.29) is 35.7 Å². The van der Waals surface area contributed by atoms with Crippen molar-refractivity contribution in [3.8, 4) is 29.4 Å². The van der Waals surface area contributed by atoms with Crippen LogP contribution in [0.25, 0.3) is 16.9 Å². The van der Waals surface area contributed by atoms with Crippen molar-refractivity contribution in [2.24, 2.45) is 23.5 Å². The maximum Gasteiger partial charge on any atom is 0.254 e. The number of rotatable bonds is 8. The summed E-state index contributed by atoms with van der Waals surface area (Å²) in [5, 5.41) is 3.25. The minimum Gasteiger partial charge on any atom is -0.490 e. The highest BCUT2D eigenvalue weighted by Gasteiger charge is 2.36. The molecule has 216 valence electrons. The molecule has 2 fully saturated rings. The number of hydrogen-bond acceptors (Lipinski definition) is 6. The van der Waals surface area contributed by atoms with Crippen LogP contribution in [0, 0.1) is 48.7 Å². The molecule has 1 saturated carbocycles. The molecule has 1 amide bonds. The van der Waals surface area contributed by atoms with Crippen LogP contribution < -0.4 is 15.8 Å². The summed E-state index contributed by atoms with van der Waals surface area (Å²) in [7, 11) is 0. The zero-order valence-corrected chi connectivity index (χ0v) is 23.3. The number of aromatic nitrogens is 3. The SMILES string of the molecule is C#CC1CC1COc1ccc(-c2cnc3c(Nc4ccc(C(=O)N5CCC(CN)CC5)c(C)c4)nccn23)c(F)c1F. The van der Waals surface area contributed by atoms with Crippen LogP contribution in [0.5, 0.6) is 5.75 Å². The van der Waals surface area contributed by atoms with Gasteiger partial charge in [0.05, 0.1) is 18.5 Å². The quantitative estimate of drug-likeness (QED) is 0.283. The Labute approximate surface area is 242 Å². The van der Waals surface area contributed by atoms with Crippen molar-refractivity contribution < 1.29 is 18.3 Å². The molecule has 2 aromatic carbocycles. The van der Waals surface area contributed by atoms with Crippen LogP contribution in [-0.4, -0.2) is 51.4 Å². The van der Waals surface area contributed by atoms with Gasteiger partial charge in [0.15, 0.2) is 23.0 Å². The van der Waals surface area contributed by atoms with E-state index in [1.165, 1.54) is 18.3 Å². The summed E-state index contributed by atoms with van der Waals surface area (Å²) in [5.74, 6) is 1.67. The lowest BCUT2D eigenvalue weighted by atomic mass is 9.96. The Balaban J connectivity index is 1.20. The number of fused-ring (bicyclic) bond motifs is 1. The molecule has 1 saturated heterocycles. The number of nitrogens with zero attached hydrogens (tertiary/aromatic N) is 4. The molecule has 0 radical (unpaired) electrons. The number of ether oxygens (including phenoxy) is 1. The number of imidazole rings is 1. The predicted molar refractivity (Wildman–Crippen MR) is 156 cm³/mol. The van der Waals surface area contributed by atoms with Gasteiger partial charge in [0.2, 0.25) is 5.82 Å². The summed E-state index contributed by atoms with van der Waals surface area (Å²) < 4.78 is 37.3. The molecule has 42 heavy (non-hydrogen) atoms. The summed E-state index contributed by atoms with van der Waals surface area (Å²) in [6.07, 6.45) is 12.7. The second kappa shape index (κ2) is 11.4. The standard InChI is InChI=1S/C32H32F2N6O2/c1-3-21-15-22(21)18-42-27-7-6-25(28(33)29(27)34)26-17-37-31-30(36-10-13-40(26)31)38-23-4-5-24(19(2)14-23)32(41)39-11-8-20(16-35)9-12-39/h1,4-7,10,13-14,17,20-22H,8-9,11-12,15-16,18,35H2,2H3,(H,36,38). The number of halogens is 2.